The molecule has 1 rings (SSSR count). The Morgan fingerprint density at radius 2 is 2.35 bits per heavy atom. The lowest BCUT2D eigenvalue weighted by Gasteiger charge is -2.11. The summed E-state index contributed by atoms with van der Waals surface area (Å²) in [7, 11) is -3.53. The smallest absolute Gasteiger partial charge is 0.257 e. The maximum absolute atomic E-state index is 11.9. The molecule has 17 heavy (non-hydrogen) atoms. The molecule has 1 atom stereocenters. The fraction of sp³-hybridized carbons (Fsp3) is 0.667. The van der Waals surface area contributed by atoms with Crippen molar-refractivity contribution in [3.63, 3.8) is 0 Å². The van der Waals surface area contributed by atoms with Crippen molar-refractivity contribution >= 4 is 21.8 Å². The second-order valence-corrected chi connectivity index (χ2v) is 6.46. The number of nitrogens with one attached hydrogen (secondary N) is 2. The molecule has 0 spiro atoms. The van der Waals surface area contributed by atoms with Crippen LogP contribution in [-0.4, -0.2) is 37.2 Å². The van der Waals surface area contributed by atoms with Crippen molar-refractivity contribution in [3.8, 4) is 0 Å². The van der Waals surface area contributed by atoms with E-state index in [2.05, 4.69) is 14.9 Å². The van der Waals surface area contributed by atoms with E-state index in [1.165, 1.54) is 6.20 Å². The van der Waals surface area contributed by atoms with Crippen molar-refractivity contribution in [2.45, 2.75) is 18.5 Å². The lowest BCUT2D eigenvalue weighted by Crippen LogP contribution is -2.30. The molecule has 0 aliphatic rings. The van der Waals surface area contributed by atoms with Gasteiger partial charge in [-0.25, -0.2) is 13.1 Å². The molecular weight excluding hydrogens is 260 g/mol. The van der Waals surface area contributed by atoms with Crippen LogP contribution < -0.4 is 10.5 Å². The van der Waals surface area contributed by atoms with Gasteiger partial charge in [0.25, 0.3) is 10.0 Å². The zero-order chi connectivity index (χ0) is 12.9. The maximum Gasteiger partial charge on any atom is 0.257 e. The first-order valence-corrected chi connectivity index (χ1v) is 8.10. The summed E-state index contributed by atoms with van der Waals surface area (Å²) in [5.74, 6) is 1.19. The third kappa shape index (κ3) is 3.98. The molecule has 1 heterocycles. The number of aromatic amines is 1. The van der Waals surface area contributed by atoms with Gasteiger partial charge in [-0.3, -0.25) is 5.10 Å². The monoisotopic (exact) mass is 278 g/mol. The number of thioether (sulfide) groups is 1. The van der Waals surface area contributed by atoms with Gasteiger partial charge in [-0.2, -0.15) is 16.9 Å². The summed E-state index contributed by atoms with van der Waals surface area (Å²) in [6.07, 6.45) is 3.42. The molecule has 6 nitrogen and oxygen atoms in total. The highest BCUT2D eigenvalue weighted by molar-refractivity contribution is 7.98. The Labute approximate surface area is 106 Å². The molecule has 1 aromatic rings. The van der Waals surface area contributed by atoms with E-state index >= 15 is 0 Å². The molecule has 0 aliphatic heterocycles. The molecule has 0 amide bonds. The first-order chi connectivity index (χ1) is 8.01. The molecule has 0 fully saturated rings. The normalized spacial score (nSPS) is 13.8. The number of nitrogens with two attached hydrogens (primary N) is 1. The van der Waals surface area contributed by atoms with Gasteiger partial charge < -0.3 is 5.73 Å². The van der Waals surface area contributed by atoms with Crippen molar-refractivity contribution in [1.82, 2.24) is 14.9 Å². The summed E-state index contributed by atoms with van der Waals surface area (Å²) in [6, 6.07) is 0. The number of nitrogens with zero attached hydrogens (tertiary/aromatic N) is 1. The highest BCUT2D eigenvalue weighted by atomic mass is 32.2. The fourth-order valence-corrected chi connectivity index (χ4v) is 3.33. The van der Waals surface area contributed by atoms with Crippen LogP contribution in [-0.2, 0) is 16.6 Å². The first-order valence-electron chi connectivity index (χ1n) is 5.22. The highest BCUT2D eigenvalue weighted by Gasteiger charge is 2.20. The van der Waals surface area contributed by atoms with Gasteiger partial charge in [-0.15, -0.1) is 0 Å². The number of sulfonamides is 1. The summed E-state index contributed by atoms with van der Waals surface area (Å²) < 4.78 is 26.4. The Morgan fingerprint density at radius 1 is 1.65 bits per heavy atom. The molecule has 0 saturated carbocycles. The molecule has 1 unspecified atom stereocenters. The van der Waals surface area contributed by atoms with E-state index in [4.69, 9.17) is 5.73 Å². The van der Waals surface area contributed by atoms with E-state index < -0.39 is 10.0 Å². The lowest BCUT2D eigenvalue weighted by molar-refractivity contribution is 0.558. The molecule has 98 valence electrons. The van der Waals surface area contributed by atoms with Crippen molar-refractivity contribution in [2.24, 2.45) is 11.7 Å². The van der Waals surface area contributed by atoms with Gasteiger partial charge >= 0.3 is 0 Å². The number of rotatable bonds is 7. The molecule has 0 saturated heterocycles. The van der Waals surface area contributed by atoms with Crippen LogP contribution in [0.15, 0.2) is 11.2 Å². The predicted molar refractivity (Wildman–Crippen MR) is 69.2 cm³/mol. The van der Waals surface area contributed by atoms with Crippen LogP contribution in [0.3, 0.4) is 0 Å². The maximum atomic E-state index is 11.9. The molecule has 0 bridgehead atoms. The van der Waals surface area contributed by atoms with E-state index in [-0.39, 0.29) is 17.5 Å². The Hall–Kier alpha value is -0.570. The summed E-state index contributed by atoms with van der Waals surface area (Å²) in [5, 5.41) is 6.23. The second kappa shape index (κ2) is 6.39. The summed E-state index contributed by atoms with van der Waals surface area (Å²) in [5.41, 5.74) is 5.94. The van der Waals surface area contributed by atoms with Crippen LogP contribution in [0.1, 0.15) is 12.5 Å². The van der Waals surface area contributed by atoms with Gasteiger partial charge in [0.1, 0.15) is 0 Å². The molecule has 1 aromatic heterocycles. The average molecular weight is 278 g/mol. The third-order valence-corrected chi connectivity index (χ3v) is 4.58. The minimum atomic E-state index is -3.53. The zero-order valence-corrected chi connectivity index (χ0v) is 11.6. The first kappa shape index (κ1) is 14.5. The van der Waals surface area contributed by atoms with E-state index in [0.29, 0.717) is 12.1 Å². The standard InChI is InChI=1S/C9H18N4O2S2/c1-7(6-16-2)4-12-17(14,15)9-8(3-10)5-11-13-9/h5,7,12H,3-4,6,10H2,1-2H3,(H,11,13). The van der Waals surface area contributed by atoms with Crippen molar-refractivity contribution in [3.05, 3.63) is 11.8 Å². The van der Waals surface area contributed by atoms with Crippen LogP contribution in [0.25, 0.3) is 0 Å². The van der Waals surface area contributed by atoms with Crippen molar-refractivity contribution in [2.75, 3.05) is 18.6 Å². The summed E-state index contributed by atoms with van der Waals surface area (Å²) in [6.45, 7) is 2.55. The minimum absolute atomic E-state index is 0.0661. The van der Waals surface area contributed by atoms with E-state index in [1.54, 1.807) is 11.8 Å². The van der Waals surface area contributed by atoms with Crippen LogP contribution in [0.5, 0.6) is 0 Å². The van der Waals surface area contributed by atoms with Gasteiger partial charge in [0.15, 0.2) is 5.03 Å². The average Bonchev–Trinajstić information content (AvgIpc) is 2.76. The summed E-state index contributed by atoms with van der Waals surface area (Å²) in [4.78, 5) is 0. The van der Waals surface area contributed by atoms with Gasteiger partial charge in [-0.05, 0) is 17.9 Å². The summed E-state index contributed by atoms with van der Waals surface area (Å²) >= 11 is 1.69. The van der Waals surface area contributed by atoms with Crippen LogP contribution in [0.4, 0.5) is 0 Å². The number of H-pyrrole nitrogens is 1. The molecule has 8 heteroatoms. The van der Waals surface area contributed by atoms with Gasteiger partial charge in [0.05, 0.1) is 6.20 Å². The topological polar surface area (TPSA) is 101 Å². The Kier molecular flexibility index (Phi) is 5.44. The fourth-order valence-electron chi connectivity index (χ4n) is 1.34. The van der Waals surface area contributed by atoms with E-state index in [9.17, 15) is 8.42 Å². The van der Waals surface area contributed by atoms with Gasteiger partial charge in [0.2, 0.25) is 0 Å². The second-order valence-electron chi connectivity index (χ2n) is 3.84. The number of aromatic nitrogens is 2. The third-order valence-electron chi connectivity index (χ3n) is 2.24. The molecule has 0 aromatic carbocycles. The van der Waals surface area contributed by atoms with Gasteiger partial charge in [0, 0.05) is 18.7 Å². The van der Waals surface area contributed by atoms with Crippen LogP contribution >= 0.6 is 11.8 Å². The number of hydrogen-bond donors (Lipinski definition) is 3. The minimum Gasteiger partial charge on any atom is -0.326 e. The molecule has 0 radical (unpaired) electrons. The van der Waals surface area contributed by atoms with Gasteiger partial charge in [-0.1, -0.05) is 6.92 Å². The predicted octanol–water partition coefficient (Wildman–Crippen LogP) is 0.146. The van der Waals surface area contributed by atoms with E-state index in [1.807, 2.05) is 13.2 Å². The van der Waals surface area contributed by atoms with Crippen molar-refractivity contribution in [1.29, 1.82) is 0 Å². The largest absolute Gasteiger partial charge is 0.326 e. The van der Waals surface area contributed by atoms with Crippen molar-refractivity contribution < 1.29 is 8.42 Å². The van der Waals surface area contributed by atoms with Crippen LogP contribution in [0.2, 0.25) is 0 Å². The lowest BCUT2D eigenvalue weighted by atomic mass is 10.2. The molecule has 4 N–H and O–H groups in total. The highest BCUT2D eigenvalue weighted by Crippen LogP contribution is 2.11. The van der Waals surface area contributed by atoms with Crippen LogP contribution in [0, 0.1) is 5.92 Å². The Balaban J connectivity index is 2.69. The zero-order valence-electron chi connectivity index (χ0n) is 9.93. The molecular formula is C9H18N4O2S2. The Morgan fingerprint density at radius 3 is 2.94 bits per heavy atom. The SMILES string of the molecule is CSCC(C)CNS(=O)(=O)c1[nH]ncc1CN. The quantitative estimate of drug-likeness (QED) is 0.659. The Bertz CT molecular complexity index is 444. The number of hydrogen-bond acceptors (Lipinski definition) is 5. The van der Waals surface area contributed by atoms with E-state index in [0.717, 1.165) is 5.75 Å². The molecule has 0 aliphatic carbocycles.